The minimum Gasteiger partial charge on any atom is -0.381 e. The van der Waals surface area contributed by atoms with Crippen LogP contribution in [0.3, 0.4) is 0 Å². The molecule has 2 aliphatic rings. The first-order valence-electron chi connectivity index (χ1n) is 8.26. The second-order valence-corrected chi connectivity index (χ2v) is 7.23. The molecule has 1 aromatic carbocycles. The summed E-state index contributed by atoms with van der Waals surface area (Å²) in [6.45, 7) is 6.52. The van der Waals surface area contributed by atoms with Gasteiger partial charge in [-0.2, -0.15) is 0 Å². The lowest BCUT2D eigenvalue weighted by Crippen LogP contribution is -2.54. The maximum Gasteiger partial charge on any atom is 0.229 e. The first-order chi connectivity index (χ1) is 11.0. The molecule has 4 nitrogen and oxygen atoms in total. The highest BCUT2D eigenvalue weighted by Gasteiger charge is 2.42. The van der Waals surface area contributed by atoms with E-state index in [4.69, 9.17) is 21.1 Å². The van der Waals surface area contributed by atoms with Crippen LogP contribution in [0, 0.1) is 5.41 Å². The van der Waals surface area contributed by atoms with Gasteiger partial charge in [-0.3, -0.25) is 4.79 Å². The Morgan fingerprint density at radius 2 is 2.00 bits per heavy atom. The lowest BCUT2D eigenvalue weighted by atomic mass is 9.80. The topological polar surface area (TPSA) is 38.8 Å². The fourth-order valence-electron chi connectivity index (χ4n) is 3.35. The van der Waals surface area contributed by atoms with E-state index in [0.717, 1.165) is 18.4 Å². The monoisotopic (exact) mass is 337 g/mol. The largest absolute Gasteiger partial charge is 0.381 e. The highest BCUT2D eigenvalue weighted by molar-refractivity contribution is 6.31. The number of morpholine rings is 1. The summed E-state index contributed by atoms with van der Waals surface area (Å²) in [4.78, 5) is 15.1. The van der Waals surface area contributed by atoms with Gasteiger partial charge in [-0.1, -0.05) is 36.7 Å². The molecule has 1 aromatic rings. The molecule has 2 heterocycles. The second-order valence-electron chi connectivity index (χ2n) is 6.82. The first kappa shape index (κ1) is 16.7. The SMILES string of the molecule is CC1COC(c2ccccc2Cl)CN1C(=O)C1(C)CCOCC1. The number of halogens is 1. The fourth-order valence-corrected chi connectivity index (χ4v) is 3.60. The van der Waals surface area contributed by atoms with Crippen molar-refractivity contribution in [2.75, 3.05) is 26.4 Å². The molecule has 5 heteroatoms. The van der Waals surface area contributed by atoms with Gasteiger partial charge in [-0.15, -0.1) is 0 Å². The molecule has 126 valence electrons. The van der Waals surface area contributed by atoms with Gasteiger partial charge in [0.25, 0.3) is 0 Å². The third-order valence-corrected chi connectivity index (χ3v) is 5.40. The number of nitrogens with zero attached hydrogens (tertiary/aromatic N) is 1. The summed E-state index contributed by atoms with van der Waals surface area (Å²) in [6, 6.07) is 7.78. The Morgan fingerprint density at radius 1 is 1.30 bits per heavy atom. The quantitative estimate of drug-likeness (QED) is 0.829. The molecule has 0 saturated carbocycles. The molecule has 2 unspecified atom stereocenters. The summed E-state index contributed by atoms with van der Waals surface area (Å²) in [7, 11) is 0. The van der Waals surface area contributed by atoms with Gasteiger partial charge in [0.15, 0.2) is 0 Å². The van der Waals surface area contributed by atoms with Crippen LogP contribution in [0.4, 0.5) is 0 Å². The number of amides is 1. The van der Waals surface area contributed by atoms with E-state index in [2.05, 4.69) is 6.92 Å². The average molecular weight is 338 g/mol. The minimum atomic E-state index is -0.325. The highest BCUT2D eigenvalue weighted by Crippen LogP contribution is 2.36. The van der Waals surface area contributed by atoms with Crippen molar-refractivity contribution in [3.63, 3.8) is 0 Å². The van der Waals surface area contributed by atoms with Gasteiger partial charge in [0.1, 0.15) is 6.10 Å². The van der Waals surface area contributed by atoms with Crippen molar-refractivity contribution >= 4 is 17.5 Å². The van der Waals surface area contributed by atoms with Crippen LogP contribution in [0.15, 0.2) is 24.3 Å². The number of benzene rings is 1. The van der Waals surface area contributed by atoms with E-state index >= 15 is 0 Å². The van der Waals surface area contributed by atoms with Crippen LogP contribution >= 0.6 is 11.6 Å². The number of hydrogen-bond acceptors (Lipinski definition) is 3. The van der Waals surface area contributed by atoms with Crippen LogP contribution in [-0.4, -0.2) is 43.2 Å². The van der Waals surface area contributed by atoms with Gasteiger partial charge in [-0.05, 0) is 25.8 Å². The van der Waals surface area contributed by atoms with E-state index in [9.17, 15) is 4.79 Å². The lowest BCUT2D eigenvalue weighted by molar-refractivity contribution is -0.159. The molecule has 1 amide bonds. The summed E-state index contributed by atoms with van der Waals surface area (Å²) in [5.41, 5.74) is 0.630. The van der Waals surface area contributed by atoms with Crippen LogP contribution < -0.4 is 0 Å². The van der Waals surface area contributed by atoms with Crippen molar-refractivity contribution in [3.8, 4) is 0 Å². The van der Waals surface area contributed by atoms with E-state index in [1.807, 2.05) is 36.1 Å². The van der Waals surface area contributed by atoms with E-state index < -0.39 is 0 Å². The van der Waals surface area contributed by atoms with Crippen molar-refractivity contribution < 1.29 is 14.3 Å². The van der Waals surface area contributed by atoms with Gasteiger partial charge < -0.3 is 14.4 Å². The van der Waals surface area contributed by atoms with Crippen LogP contribution in [-0.2, 0) is 14.3 Å². The Morgan fingerprint density at radius 3 is 2.70 bits per heavy atom. The predicted molar refractivity (Wildman–Crippen MR) is 89.5 cm³/mol. The van der Waals surface area contributed by atoms with Crippen molar-refractivity contribution in [2.45, 2.75) is 38.8 Å². The van der Waals surface area contributed by atoms with Crippen LogP contribution in [0.5, 0.6) is 0 Å². The second kappa shape index (κ2) is 6.80. The molecule has 23 heavy (non-hydrogen) atoms. The van der Waals surface area contributed by atoms with Gasteiger partial charge >= 0.3 is 0 Å². The molecule has 0 radical (unpaired) electrons. The highest BCUT2D eigenvalue weighted by atomic mass is 35.5. The normalized spacial score (nSPS) is 27.7. The van der Waals surface area contributed by atoms with Crippen molar-refractivity contribution in [3.05, 3.63) is 34.9 Å². The summed E-state index contributed by atoms with van der Waals surface area (Å²) < 4.78 is 11.4. The van der Waals surface area contributed by atoms with E-state index in [1.54, 1.807) is 0 Å². The molecule has 0 aromatic heterocycles. The zero-order valence-electron chi connectivity index (χ0n) is 13.8. The smallest absolute Gasteiger partial charge is 0.229 e. The Labute approximate surface area is 142 Å². The van der Waals surface area contributed by atoms with Gasteiger partial charge in [0, 0.05) is 23.8 Å². The molecule has 2 atom stereocenters. The average Bonchev–Trinajstić information content (AvgIpc) is 2.56. The molecule has 2 fully saturated rings. The third-order valence-electron chi connectivity index (χ3n) is 5.06. The molecule has 2 saturated heterocycles. The van der Waals surface area contributed by atoms with Crippen LogP contribution in [0.2, 0.25) is 5.02 Å². The van der Waals surface area contributed by atoms with Crippen LogP contribution in [0.1, 0.15) is 38.4 Å². The van der Waals surface area contributed by atoms with Crippen molar-refractivity contribution in [2.24, 2.45) is 5.41 Å². The number of hydrogen-bond donors (Lipinski definition) is 0. The standard InChI is InChI=1S/C18H24ClNO3/c1-13-12-23-16(14-5-3-4-6-15(14)19)11-20(13)17(21)18(2)7-9-22-10-8-18/h3-6,13,16H,7-12H2,1-2H3. The van der Waals surface area contributed by atoms with Crippen LogP contribution in [0.25, 0.3) is 0 Å². The zero-order valence-corrected chi connectivity index (χ0v) is 14.5. The molecule has 0 spiro atoms. The number of carbonyl (C=O) groups is 1. The number of carbonyl (C=O) groups excluding carboxylic acids is 1. The molecule has 2 aliphatic heterocycles. The zero-order chi connectivity index (χ0) is 16.4. The fraction of sp³-hybridized carbons (Fsp3) is 0.611. The van der Waals surface area contributed by atoms with E-state index in [-0.39, 0.29) is 23.5 Å². The molecular weight excluding hydrogens is 314 g/mol. The summed E-state index contributed by atoms with van der Waals surface area (Å²) in [5, 5.41) is 0.691. The lowest BCUT2D eigenvalue weighted by Gasteiger charge is -2.44. The molecular formula is C18H24ClNO3. The number of ether oxygens (including phenoxy) is 2. The Kier molecular flexibility index (Phi) is 4.95. The summed E-state index contributed by atoms with van der Waals surface area (Å²) in [5.74, 6) is 0.216. The van der Waals surface area contributed by atoms with Gasteiger partial charge in [0.05, 0.1) is 24.6 Å². The Bertz CT molecular complexity index is 571. The predicted octanol–water partition coefficient (Wildman–Crippen LogP) is 3.45. The summed E-state index contributed by atoms with van der Waals surface area (Å²) >= 11 is 6.30. The van der Waals surface area contributed by atoms with E-state index in [0.29, 0.717) is 31.4 Å². The first-order valence-corrected chi connectivity index (χ1v) is 8.64. The minimum absolute atomic E-state index is 0.0842. The molecule has 0 bridgehead atoms. The molecule has 0 aliphatic carbocycles. The third kappa shape index (κ3) is 3.39. The maximum atomic E-state index is 13.1. The number of rotatable bonds is 2. The van der Waals surface area contributed by atoms with Crippen molar-refractivity contribution in [1.82, 2.24) is 4.90 Å². The van der Waals surface area contributed by atoms with Crippen molar-refractivity contribution in [1.29, 1.82) is 0 Å². The Hall–Kier alpha value is -1.10. The van der Waals surface area contributed by atoms with Gasteiger partial charge in [-0.25, -0.2) is 0 Å². The Balaban J connectivity index is 1.78. The molecule has 0 N–H and O–H groups in total. The van der Waals surface area contributed by atoms with Gasteiger partial charge in [0.2, 0.25) is 5.91 Å². The maximum absolute atomic E-state index is 13.1. The summed E-state index contributed by atoms with van der Waals surface area (Å²) in [6.07, 6.45) is 1.41. The van der Waals surface area contributed by atoms with E-state index in [1.165, 1.54) is 0 Å². The molecule has 3 rings (SSSR count).